The van der Waals surface area contributed by atoms with Gasteiger partial charge in [0.25, 0.3) is 0 Å². The maximum absolute atomic E-state index is 12.7. The van der Waals surface area contributed by atoms with E-state index in [1.165, 1.54) is 30.4 Å². The average molecular weight is 863 g/mol. The fourth-order valence-electron chi connectivity index (χ4n) is 6.02. The van der Waals surface area contributed by atoms with Crippen LogP contribution in [0.3, 0.4) is 0 Å². The van der Waals surface area contributed by atoms with E-state index in [4.69, 9.17) is 22.9 Å². The molecule has 0 aliphatic carbocycles. The van der Waals surface area contributed by atoms with E-state index in [-0.39, 0.29) is 26.1 Å². The first-order valence-electron chi connectivity index (χ1n) is 22.5. The van der Waals surface area contributed by atoms with Crippen LogP contribution in [0.1, 0.15) is 146 Å². The fraction of sp³-hybridized carbons (Fsp3) is 0.667. The Bertz CT molecular complexity index is 1500. The second-order valence-corrected chi connectivity index (χ2v) is 17.9. The Morgan fingerprint density at radius 2 is 1.35 bits per heavy atom. The third kappa shape index (κ3) is 30.1. The highest BCUT2D eigenvalue weighted by molar-refractivity contribution is 7.47. The highest BCUT2D eigenvalue weighted by Crippen LogP contribution is 2.43. The predicted molar refractivity (Wildman–Crippen MR) is 243 cm³/mol. The third-order valence-corrected chi connectivity index (χ3v) is 10.8. The van der Waals surface area contributed by atoms with E-state index in [1.54, 1.807) is 6.08 Å². The lowest BCUT2D eigenvalue weighted by Gasteiger charge is -2.24. The molecule has 11 nitrogen and oxygen atoms in total. The van der Waals surface area contributed by atoms with Gasteiger partial charge in [0, 0.05) is 25.7 Å². The summed E-state index contributed by atoms with van der Waals surface area (Å²) in [6, 6.07) is 0. The van der Waals surface area contributed by atoms with Crippen LogP contribution in [0.5, 0.6) is 0 Å². The standard InChI is InChI=1S/C48H80NO10P/c1-8-10-12-13-20-26-31-43(50)32-27-21-16-14-15-17-24-30-36-48(52)58-44(40-57-60(53,54)56-38-37-49(5,6)7)39-55-47(51)35-29-23-19-18-22-28-34-46-42(4)41(3)45(59-46)33-25-11-9-2/h10,12,15-17,20-21,26-27,32,43-44,50H,8-9,11,13-14,18-19,22-25,28-31,33-40H2,1-7H3/p+1/b12-10-,17-15-,21-16-,26-20-,32-27+/t43?,44-/m1/s1. The molecule has 60 heavy (non-hydrogen) atoms. The normalized spacial score (nSPS) is 14.6. The number of esters is 2. The van der Waals surface area contributed by atoms with Crippen LogP contribution in [0.15, 0.2) is 65.2 Å². The molecule has 0 spiro atoms. The summed E-state index contributed by atoms with van der Waals surface area (Å²) >= 11 is 0. The van der Waals surface area contributed by atoms with Gasteiger partial charge in [-0.1, -0.05) is 113 Å². The number of rotatable bonds is 36. The Balaban J connectivity index is 2.45. The topological polar surface area (TPSA) is 142 Å². The summed E-state index contributed by atoms with van der Waals surface area (Å²) < 4.78 is 40.5. The summed E-state index contributed by atoms with van der Waals surface area (Å²) in [7, 11) is 1.36. The van der Waals surface area contributed by atoms with Crippen LogP contribution in [0, 0.1) is 13.8 Å². The zero-order chi connectivity index (χ0) is 44.5. The molecule has 1 rings (SSSR count). The Hall–Kier alpha value is -3.05. The van der Waals surface area contributed by atoms with Crippen molar-refractivity contribution < 1.29 is 51.6 Å². The van der Waals surface area contributed by atoms with Crippen molar-refractivity contribution in [2.75, 3.05) is 47.5 Å². The van der Waals surface area contributed by atoms with Crippen molar-refractivity contribution in [3.63, 3.8) is 0 Å². The number of carbonyl (C=O) groups excluding carboxylic acids is 2. The van der Waals surface area contributed by atoms with Gasteiger partial charge >= 0.3 is 19.8 Å². The van der Waals surface area contributed by atoms with Gasteiger partial charge in [0.2, 0.25) is 0 Å². The molecule has 0 saturated carbocycles. The molecule has 342 valence electrons. The molecule has 0 saturated heterocycles. The van der Waals surface area contributed by atoms with E-state index in [0.717, 1.165) is 69.3 Å². The zero-order valence-corrected chi connectivity index (χ0v) is 39.1. The molecule has 1 aromatic heterocycles. The lowest BCUT2D eigenvalue weighted by atomic mass is 10.0. The Labute approximate surface area is 363 Å². The van der Waals surface area contributed by atoms with E-state index in [9.17, 15) is 24.2 Å². The van der Waals surface area contributed by atoms with Gasteiger partial charge in [-0.05, 0) is 82.8 Å². The number of carbonyl (C=O) groups is 2. The number of hydrogen-bond donors (Lipinski definition) is 2. The maximum Gasteiger partial charge on any atom is 0.472 e. The first kappa shape index (κ1) is 55.0. The summed E-state index contributed by atoms with van der Waals surface area (Å²) in [6.45, 7) is 8.37. The molecule has 2 N–H and O–H groups in total. The van der Waals surface area contributed by atoms with Gasteiger partial charge in [0.15, 0.2) is 6.10 Å². The molecule has 2 unspecified atom stereocenters. The third-order valence-electron chi connectivity index (χ3n) is 9.85. The number of furan rings is 1. The minimum Gasteiger partial charge on any atom is -0.466 e. The molecule has 1 aromatic rings. The van der Waals surface area contributed by atoms with Gasteiger partial charge in [-0.3, -0.25) is 18.6 Å². The molecule has 0 aromatic carbocycles. The number of aliphatic hydroxyl groups is 1. The molecule has 0 aliphatic heterocycles. The largest absolute Gasteiger partial charge is 0.472 e. The van der Waals surface area contributed by atoms with E-state index >= 15 is 0 Å². The number of unbranched alkanes of at least 4 members (excludes halogenated alkanes) is 8. The summed E-state index contributed by atoms with van der Waals surface area (Å²) in [5, 5.41) is 10.0. The number of likely N-dealkylation sites (N-methyl/N-ethyl adjacent to an activating group) is 1. The molecular formula is C48H81NO10P+. The number of hydrogen-bond acceptors (Lipinski definition) is 9. The van der Waals surface area contributed by atoms with Crippen LogP contribution >= 0.6 is 7.82 Å². The quantitative estimate of drug-likeness (QED) is 0.0167. The minimum absolute atomic E-state index is 0.00131. The van der Waals surface area contributed by atoms with Gasteiger partial charge in [-0.2, -0.15) is 0 Å². The van der Waals surface area contributed by atoms with Gasteiger partial charge in [-0.25, -0.2) is 4.57 Å². The molecule has 12 heteroatoms. The molecule has 0 amide bonds. The molecular weight excluding hydrogens is 781 g/mol. The molecule has 0 fully saturated rings. The SMILES string of the molecule is CC/C=C\C/C=C\CC(O)/C=C/C=C\C/C=C\CCCC(=O)O[C@H](COC(=O)CCCCCCCCc1oc(CCCCC)c(C)c1C)COP(=O)(O)OCC[N+](C)(C)C. The van der Waals surface area contributed by atoms with Crippen molar-refractivity contribution in [3.8, 4) is 0 Å². The maximum atomic E-state index is 12.7. The summed E-state index contributed by atoms with van der Waals surface area (Å²) in [5.41, 5.74) is 2.59. The summed E-state index contributed by atoms with van der Waals surface area (Å²) in [5.74, 6) is 1.32. The van der Waals surface area contributed by atoms with E-state index < -0.39 is 38.6 Å². The first-order chi connectivity index (χ1) is 28.7. The van der Waals surface area contributed by atoms with Gasteiger partial charge < -0.3 is 28.4 Å². The van der Waals surface area contributed by atoms with Crippen molar-refractivity contribution in [3.05, 3.63) is 83.4 Å². The van der Waals surface area contributed by atoms with Crippen LogP contribution in [-0.4, -0.2) is 86.1 Å². The second-order valence-electron chi connectivity index (χ2n) is 16.5. The van der Waals surface area contributed by atoms with E-state index in [2.05, 4.69) is 45.9 Å². The average Bonchev–Trinajstić information content (AvgIpc) is 3.46. The van der Waals surface area contributed by atoms with Crippen molar-refractivity contribution in [1.82, 2.24) is 0 Å². The van der Waals surface area contributed by atoms with Crippen LogP contribution < -0.4 is 0 Å². The van der Waals surface area contributed by atoms with Gasteiger partial charge in [0.05, 0.1) is 33.9 Å². The number of aliphatic hydroxyl groups excluding tert-OH is 1. The molecule has 0 aliphatic rings. The number of allylic oxidation sites excluding steroid dienone is 8. The lowest BCUT2D eigenvalue weighted by Crippen LogP contribution is -2.37. The Morgan fingerprint density at radius 1 is 0.733 bits per heavy atom. The molecule has 0 bridgehead atoms. The Morgan fingerprint density at radius 3 is 2.03 bits per heavy atom. The van der Waals surface area contributed by atoms with Crippen LogP contribution in [-0.2, 0) is 45.5 Å². The van der Waals surface area contributed by atoms with Crippen molar-refractivity contribution >= 4 is 19.8 Å². The van der Waals surface area contributed by atoms with Gasteiger partial charge in [-0.15, -0.1) is 0 Å². The minimum atomic E-state index is -4.43. The van der Waals surface area contributed by atoms with Crippen molar-refractivity contribution in [2.24, 2.45) is 0 Å². The molecule has 0 radical (unpaired) electrons. The number of phosphoric ester groups is 1. The lowest BCUT2D eigenvalue weighted by molar-refractivity contribution is -0.870. The predicted octanol–water partition coefficient (Wildman–Crippen LogP) is 11.1. The summed E-state index contributed by atoms with van der Waals surface area (Å²) in [4.78, 5) is 35.5. The number of ether oxygens (including phenoxy) is 2. The Kier molecular flexibility index (Phi) is 30.7. The van der Waals surface area contributed by atoms with Gasteiger partial charge in [0.1, 0.15) is 31.3 Å². The summed E-state index contributed by atoms with van der Waals surface area (Å²) in [6.07, 6.45) is 34.3. The number of quaternary nitrogens is 1. The number of phosphoric acid groups is 1. The van der Waals surface area contributed by atoms with Crippen LogP contribution in [0.2, 0.25) is 0 Å². The highest BCUT2D eigenvalue weighted by atomic mass is 31.2. The monoisotopic (exact) mass is 863 g/mol. The first-order valence-corrected chi connectivity index (χ1v) is 24.0. The van der Waals surface area contributed by atoms with Crippen molar-refractivity contribution in [1.29, 1.82) is 0 Å². The van der Waals surface area contributed by atoms with Crippen molar-refractivity contribution in [2.45, 2.75) is 162 Å². The zero-order valence-electron chi connectivity index (χ0n) is 38.2. The smallest absolute Gasteiger partial charge is 0.466 e. The molecule has 1 heterocycles. The van der Waals surface area contributed by atoms with E-state index in [0.29, 0.717) is 43.1 Å². The van der Waals surface area contributed by atoms with Crippen LogP contribution in [0.4, 0.5) is 0 Å². The van der Waals surface area contributed by atoms with Crippen LogP contribution in [0.25, 0.3) is 0 Å². The molecule has 3 atom stereocenters. The van der Waals surface area contributed by atoms with E-state index in [1.807, 2.05) is 57.6 Å². The number of aryl methyl sites for hydroxylation is 2. The second kappa shape index (κ2) is 33.6. The highest BCUT2D eigenvalue weighted by Gasteiger charge is 2.27. The number of nitrogens with zero attached hydrogens (tertiary/aromatic N) is 1. The fourth-order valence-corrected chi connectivity index (χ4v) is 6.76.